The van der Waals surface area contributed by atoms with Crippen molar-refractivity contribution in [1.82, 2.24) is 4.90 Å². The zero-order valence-corrected chi connectivity index (χ0v) is 15.3. The van der Waals surface area contributed by atoms with Gasteiger partial charge in [-0.2, -0.15) is 0 Å². The maximum Gasteiger partial charge on any atom is 0.0100 e. The van der Waals surface area contributed by atoms with Crippen molar-refractivity contribution in [2.75, 3.05) is 25.0 Å². The first-order chi connectivity index (χ1) is 10.2. The van der Waals surface area contributed by atoms with Crippen LogP contribution in [-0.4, -0.2) is 29.9 Å². The summed E-state index contributed by atoms with van der Waals surface area (Å²) in [6.45, 7) is 8.35. The van der Waals surface area contributed by atoms with Crippen LogP contribution >= 0.6 is 15.9 Å². The van der Waals surface area contributed by atoms with Crippen LogP contribution in [0.4, 0.5) is 0 Å². The zero-order chi connectivity index (χ0) is 15.1. The van der Waals surface area contributed by atoms with Gasteiger partial charge in [-0.05, 0) is 42.2 Å². The first kappa shape index (κ1) is 17.0. The lowest BCUT2D eigenvalue weighted by molar-refractivity contribution is 0.151. The van der Waals surface area contributed by atoms with Crippen LogP contribution in [-0.2, 0) is 12.8 Å². The molecule has 0 bridgehead atoms. The molecular weight excluding hydrogens is 322 g/mol. The fraction of sp³-hybridized carbons (Fsp3) is 0.684. The fourth-order valence-electron chi connectivity index (χ4n) is 3.87. The van der Waals surface area contributed by atoms with Crippen LogP contribution in [0.25, 0.3) is 0 Å². The van der Waals surface area contributed by atoms with E-state index in [1.54, 1.807) is 11.1 Å². The van der Waals surface area contributed by atoms with Crippen LogP contribution in [0.15, 0.2) is 24.3 Å². The summed E-state index contributed by atoms with van der Waals surface area (Å²) < 4.78 is 0. The van der Waals surface area contributed by atoms with Gasteiger partial charge < -0.3 is 4.90 Å². The van der Waals surface area contributed by atoms with Gasteiger partial charge in [0.05, 0.1) is 0 Å². The van der Waals surface area contributed by atoms with Crippen molar-refractivity contribution < 1.29 is 0 Å². The summed E-state index contributed by atoms with van der Waals surface area (Å²) in [6, 6.07) is 9.00. The average molecular weight is 352 g/mol. The van der Waals surface area contributed by atoms with E-state index in [0.717, 1.165) is 5.33 Å². The van der Waals surface area contributed by atoms with Gasteiger partial charge in [0.1, 0.15) is 0 Å². The van der Waals surface area contributed by atoms with E-state index < -0.39 is 0 Å². The van der Waals surface area contributed by atoms with Gasteiger partial charge in [-0.25, -0.2) is 0 Å². The van der Waals surface area contributed by atoms with E-state index in [1.807, 2.05) is 0 Å². The molecule has 1 aromatic carbocycles. The molecule has 1 aliphatic rings. The highest BCUT2D eigenvalue weighted by molar-refractivity contribution is 9.09. The summed E-state index contributed by atoms with van der Waals surface area (Å²) in [6.07, 6.45) is 7.70. The summed E-state index contributed by atoms with van der Waals surface area (Å²) in [7, 11) is 0. The third-order valence-electron chi connectivity index (χ3n) is 4.92. The molecule has 0 atom stereocenters. The fourth-order valence-corrected chi connectivity index (χ4v) is 4.60. The Kier molecular flexibility index (Phi) is 6.75. The average Bonchev–Trinajstić information content (AvgIpc) is 2.70. The second-order valence-electron chi connectivity index (χ2n) is 6.68. The molecule has 0 spiro atoms. The SMILES string of the molecule is CCCC(CBr)(CCC)CN1CCc2ccccc2CC1. The third-order valence-corrected chi connectivity index (χ3v) is 6.11. The molecule has 0 N–H and O–H groups in total. The Bertz CT molecular complexity index is 396. The van der Waals surface area contributed by atoms with Crippen molar-refractivity contribution in [3.05, 3.63) is 35.4 Å². The first-order valence-corrected chi connectivity index (χ1v) is 9.70. The summed E-state index contributed by atoms with van der Waals surface area (Å²) in [5, 5.41) is 1.14. The largest absolute Gasteiger partial charge is 0.302 e. The van der Waals surface area contributed by atoms with Gasteiger partial charge in [-0.1, -0.05) is 66.9 Å². The topological polar surface area (TPSA) is 3.24 Å². The molecule has 0 radical (unpaired) electrons. The Morgan fingerprint density at radius 2 is 1.52 bits per heavy atom. The Morgan fingerprint density at radius 3 is 1.95 bits per heavy atom. The predicted octanol–water partition coefficient (Wildman–Crippen LogP) is 5.07. The van der Waals surface area contributed by atoms with Gasteiger partial charge in [0.2, 0.25) is 0 Å². The number of halogens is 1. The van der Waals surface area contributed by atoms with Crippen molar-refractivity contribution in [3.8, 4) is 0 Å². The maximum atomic E-state index is 3.82. The molecule has 1 heterocycles. The van der Waals surface area contributed by atoms with Crippen LogP contribution < -0.4 is 0 Å². The number of alkyl halides is 1. The molecular formula is C19H30BrN. The summed E-state index contributed by atoms with van der Waals surface area (Å²) in [5.74, 6) is 0. The van der Waals surface area contributed by atoms with Gasteiger partial charge in [-0.3, -0.25) is 0 Å². The van der Waals surface area contributed by atoms with Crippen LogP contribution in [0.2, 0.25) is 0 Å². The van der Waals surface area contributed by atoms with E-state index in [0.29, 0.717) is 5.41 Å². The smallest absolute Gasteiger partial charge is 0.0100 e. The lowest BCUT2D eigenvalue weighted by Gasteiger charge is -2.37. The minimum Gasteiger partial charge on any atom is -0.302 e. The minimum absolute atomic E-state index is 0.472. The van der Waals surface area contributed by atoms with E-state index in [4.69, 9.17) is 0 Å². The monoisotopic (exact) mass is 351 g/mol. The van der Waals surface area contributed by atoms with E-state index in [1.165, 1.54) is 58.2 Å². The van der Waals surface area contributed by atoms with Crippen molar-refractivity contribution in [1.29, 1.82) is 0 Å². The van der Waals surface area contributed by atoms with Crippen molar-refractivity contribution in [2.24, 2.45) is 5.41 Å². The number of hydrogen-bond acceptors (Lipinski definition) is 1. The van der Waals surface area contributed by atoms with Crippen LogP contribution in [0.5, 0.6) is 0 Å². The molecule has 21 heavy (non-hydrogen) atoms. The lowest BCUT2D eigenvalue weighted by atomic mass is 9.80. The van der Waals surface area contributed by atoms with Crippen molar-refractivity contribution in [3.63, 3.8) is 0 Å². The number of rotatable bonds is 7. The molecule has 2 rings (SSSR count). The summed E-state index contributed by atoms with van der Waals surface area (Å²) in [5.41, 5.74) is 3.60. The molecule has 1 aliphatic heterocycles. The maximum absolute atomic E-state index is 3.82. The van der Waals surface area contributed by atoms with Gasteiger partial charge in [0.25, 0.3) is 0 Å². The first-order valence-electron chi connectivity index (χ1n) is 8.58. The Morgan fingerprint density at radius 1 is 1.00 bits per heavy atom. The third kappa shape index (κ3) is 4.56. The van der Waals surface area contributed by atoms with Crippen LogP contribution in [0, 0.1) is 5.41 Å². The van der Waals surface area contributed by atoms with Crippen LogP contribution in [0.3, 0.4) is 0 Å². The number of benzene rings is 1. The van der Waals surface area contributed by atoms with Crippen LogP contribution in [0.1, 0.15) is 50.7 Å². The highest BCUT2D eigenvalue weighted by Gasteiger charge is 2.30. The van der Waals surface area contributed by atoms with E-state index in [2.05, 4.69) is 58.9 Å². The second-order valence-corrected chi connectivity index (χ2v) is 7.24. The molecule has 0 aromatic heterocycles. The molecule has 0 saturated carbocycles. The Balaban J connectivity index is 2.02. The van der Waals surface area contributed by atoms with Crippen molar-refractivity contribution >= 4 is 15.9 Å². The second kappa shape index (κ2) is 8.33. The molecule has 118 valence electrons. The molecule has 0 unspecified atom stereocenters. The highest BCUT2D eigenvalue weighted by Crippen LogP contribution is 2.33. The lowest BCUT2D eigenvalue weighted by Crippen LogP contribution is -2.40. The molecule has 1 nitrogen and oxygen atoms in total. The van der Waals surface area contributed by atoms with Gasteiger partial charge in [0, 0.05) is 25.0 Å². The van der Waals surface area contributed by atoms with Gasteiger partial charge >= 0.3 is 0 Å². The normalized spacial score (nSPS) is 16.5. The Labute approximate surface area is 139 Å². The van der Waals surface area contributed by atoms with Gasteiger partial charge in [-0.15, -0.1) is 0 Å². The summed E-state index contributed by atoms with van der Waals surface area (Å²) in [4.78, 5) is 2.71. The molecule has 0 aliphatic carbocycles. The summed E-state index contributed by atoms with van der Waals surface area (Å²) >= 11 is 3.82. The van der Waals surface area contributed by atoms with Crippen molar-refractivity contribution in [2.45, 2.75) is 52.4 Å². The Hall–Kier alpha value is -0.340. The molecule has 0 amide bonds. The zero-order valence-electron chi connectivity index (χ0n) is 13.7. The van der Waals surface area contributed by atoms with E-state index in [-0.39, 0.29) is 0 Å². The minimum atomic E-state index is 0.472. The van der Waals surface area contributed by atoms with E-state index >= 15 is 0 Å². The number of fused-ring (bicyclic) bond motifs is 1. The number of nitrogens with zero attached hydrogens (tertiary/aromatic N) is 1. The highest BCUT2D eigenvalue weighted by atomic mass is 79.9. The predicted molar refractivity (Wildman–Crippen MR) is 96.3 cm³/mol. The molecule has 0 fully saturated rings. The molecule has 1 aromatic rings. The van der Waals surface area contributed by atoms with Gasteiger partial charge in [0.15, 0.2) is 0 Å². The molecule has 2 heteroatoms. The van der Waals surface area contributed by atoms with E-state index in [9.17, 15) is 0 Å². The quantitative estimate of drug-likeness (QED) is 0.620. The molecule has 0 saturated heterocycles. The standard InChI is InChI=1S/C19H30BrN/c1-3-11-19(15-20,12-4-2)16-21-13-9-17-7-5-6-8-18(17)10-14-21/h5-8H,3-4,9-16H2,1-2H3. The number of hydrogen-bond donors (Lipinski definition) is 0.